The minimum atomic E-state index is -3.66. The largest absolute Gasteiger partial charge is 0.494 e. The molecule has 0 aliphatic heterocycles. The van der Waals surface area contributed by atoms with Crippen molar-refractivity contribution in [3.63, 3.8) is 0 Å². The summed E-state index contributed by atoms with van der Waals surface area (Å²) < 4.78 is 32.6. The predicted molar refractivity (Wildman–Crippen MR) is 84.0 cm³/mol. The van der Waals surface area contributed by atoms with Crippen LogP contribution in [0.2, 0.25) is 0 Å². The lowest BCUT2D eigenvalue weighted by Crippen LogP contribution is -2.14. The van der Waals surface area contributed by atoms with E-state index >= 15 is 0 Å². The molecule has 6 heteroatoms. The van der Waals surface area contributed by atoms with E-state index in [0.717, 1.165) is 0 Å². The van der Waals surface area contributed by atoms with Crippen molar-refractivity contribution in [1.29, 1.82) is 0 Å². The molecule has 0 fully saturated rings. The zero-order valence-corrected chi connectivity index (χ0v) is 12.8. The molecule has 0 amide bonds. The Bertz CT molecular complexity index is 725. The maximum atomic E-state index is 12.4. The van der Waals surface area contributed by atoms with Gasteiger partial charge in [0.05, 0.1) is 11.5 Å². The molecule has 5 nitrogen and oxygen atoms in total. The number of ether oxygens (including phenoxy) is 1. The summed E-state index contributed by atoms with van der Waals surface area (Å²) in [7, 11) is -3.66. The normalized spacial score (nSPS) is 11.1. The third-order valence-corrected chi connectivity index (χ3v) is 4.56. The number of nitrogens with one attached hydrogen (secondary N) is 1. The fourth-order valence-electron chi connectivity index (χ4n) is 1.92. The minimum Gasteiger partial charge on any atom is -0.494 e. The summed E-state index contributed by atoms with van der Waals surface area (Å²) in [6.07, 6.45) is 0. The highest BCUT2D eigenvalue weighted by atomic mass is 32.2. The SMILES string of the molecule is CCOc1ccc(NS(=O)(=O)c2cccc(N)c2C)cc1. The Balaban J connectivity index is 2.27. The maximum absolute atomic E-state index is 12.4. The number of nitrogen functional groups attached to an aromatic ring is 1. The molecule has 0 bridgehead atoms. The Kier molecular flexibility index (Phi) is 4.37. The summed E-state index contributed by atoms with van der Waals surface area (Å²) in [5.74, 6) is 0.695. The van der Waals surface area contributed by atoms with Gasteiger partial charge in [-0.1, -0.05) is 6.07 Å². The Morgan fingerprint density at radius 1 is 1.14 bits per heavy atom. The average Bonchev–Trinajstić information content (AvgIpc) is 2.44. The fraction of sp³-hybridized carbons (Fsp3) is 0.200. The Morgan fingerprint density at radius 3 is 2.43 bits per heavy atom. The topological polar surface area (TPSA) is 81.4 Å². The smallest absolute Gasteiger partial charge is 0.262 e. The standard InChI is InChI=1S/C15H18N2O3S/c1-3-20-13-9-7-12(8-10-13)17-21(18,19)15-6-4-5-14(16)11(15)2/h4-10,17H,3,16H2,1-2H3. The van der Waals surface area contributed by atoms with Gasteiger partial charge in [0.15, 0.2) is 0 Å². The molecule has 0 aromatic heterocycles. The van der Waals surface area contributed by atoms with Gasteiger partial charge in [-0.3, -0.25) is 4.72 Å². The van der Waals surface area contributed by atoms with Gasteiger partial charge in [-0.2, -0.15) is 0 Å². The monoisotopic (exact) mass is 306 g/mol. The van der Waals surface area contributed by atoms with E-state index in [1.165, 1.54) is 6.07 Å². The zero-order chi connectivity index (χ0) is 15.5. The maximum Gasteiger partial charge on any atom is 0.262 e. The van der Waals surface area contributed by atoms with Crippen molar-refractivity contribution >= 4 is 21.4 Å². The van der Waals surface area contributed by atoms with Crippen LogP contribution < -0.4 is 15.2 Å². The van der Waals surface area contributed by atoms with Crippen LogP contribution in [-0.4, -0.2) is 15.0 Å². The molecular formula is C15H18N2O3S. The summed E-state index contributed by atoms with van der Waals surface area (Å²) in [5, 5.41) is 0. The number of sulfonamides is 1. The van der Waals surface area contributed by atoms with E-state index < -0.39 is 10.0 Å². The molecule has 0 spiro atoms. The second-order valence-corrected chi connectivity index (χ2v) is 6.18. The molecule has 0 saturated heterocycles. The van der Waals surface area contributed by atoms with E-state index in [0.29, 0.717) is 29.3 Å². The first-order valence-electron chi connectivity index (χ1n) is 6.55. The zero-order valence-electron chi connectivity index (χ0n) is 12.0. The van der Waals surface area contributed by atoms with E-state index in [4.69, 9.17) is 10.5 Å². The third-order valence-electron chi connectivity index (χ3n) is 3.03. The number of hydrogen-bond donors (Lipinski definition) is 2. The van der Waals surface area contributed by atoms with Crippen LogP contribution in [0.1, 0.15) is 12.5 Å². The van der Waals surface area contributed by atoms with E-state index in [1.54, 1.807) is 43.3 Å². The van der Waals surface area contributed by atoms with E-state index in [2.05, 4.69) is 4.72 Å². The highest BCUT2D eigenvalue weighted by Crippen LogP contribution is 2.24. The molecule has 0 unspecified atom stereocenters. The summed E-state index contributed by atoms with van der Waals surface area (Å²) in [6, 6.07) is 11.6. The second-order valence-electron chi connectivity index (χ2n) is 4.53. The average molecular weight is 306 g/mol. The lowest BCUT2D eigenvalue weighted by atomic mass is 10.2. The van der Waals surface area contributed by atoms with Gasteiger partial charge in [-0.25, -0.2) is 8.42 Å². The number of hydrogen-bond acceptors (Lipinski definition) is 4. The van der Waals surface area contributed by atoms with E-state index in [1.807, 2.05) is 6.92 Å². The van der Waals surface area contributed by atoms with Crippen molar-refractivity contribution in [3.8, 4) is 5.75 Å². The van der Waals surface area contributed by atoms with Gasteiger partial charge in [0.25, 0.3) is 10.0 Å². The van der Waals surface area contributed by atoms with Crippen molar-refractivity contribution < 1.29 is 13.2 Å². The Morgan fingerprint density at radius 2 is 1.81 bits per heavy atom. The van der Waals surface area contributed by atoms with Crippen molar-refractivity contribution in [2.75, 3.05) is 17.1 Å². The lowest BCUT2D eigenvalue weighted by Gasteiger charge is -2.12. The molecule has 0 saturated carbocycles. The van der Waals surface area contributed by atoms with Gasteiger partial charge in [0.2, 0.25) is 0 Å². The number of rotatable bonds is 5. The molecule has 0 aliphatic rings. The molecular weight excluding hydrogens is 288 g/mol. The molecule has 0 atom stereocenters. The first kappa shape index (κ1) is 15.2. The van der Waals surface area contributed by atoms with Crippen molar-refractivity contribution in [1.82, 2.24) is 0 Å². The van der Waals surface area contributed by atoms with Crippen molar-refractivity contribution in [2.24, 2.45) is 0 Å². The summed E-state index contributed by atoms with van der Waals surface area (Å²) >= 11 is 0. The molecule has 112 valence electrons. The molecule has 0 radical (unpaired) electrons. The first-order valence-corrected chi connectivity index (χ1v) is 8.03. The van der Waals surface area contributed by atoms with Gasteiger partial charge >= 0.3 is 0 Å². The molecule has 2 rings (SSSR count). The first-order chi connectivity index (χ1) is 9.94. The highest BCUT2D eigenvalue weighted by molar-refractivity contribution is 7.92. The molecule has 21 heavy (non-hydrogen) atoms. The van der Waals surface area contributed by atoms with Crippen LogP contribution in [0, 0.1) is 6.92 Å². The third kappa shape index (κ3) is 3.46. The van der Waals surface area contributed by atoms with E-state index in [9.17, 15) is 8.42 Å². The van der Waals surface area contributed by atoms with Gasteiger partial charge in [0.1, 0.15) is 5.75 Å². The van der Waals surface area contributed by atoms with Gasteiger partial charge in [-0.05, 0) is 55.8 Å². The molecule has 2 aromatic rings. The number of anilines is 2. The Labute approximate surface area is 124 Å². The van der Waals surface area contributed by atoms with Crippen LogP contribution in [-0.2, 0) is 10.0 Å². The van der Waals surface area contributed by atoms with Crippen LogP contribution in [0.4, 0.5) is 11.4 Å². The Hall–Kier alpha value is -2.21. The quantitative estimate of drug-likeness (QED) is 0.832. The van der Waals surface area contributed by atoms with Crippen molar-refractivity contribution in [2.45, 2.75) is 18.7 Å². The molecule has 2 aromatic carbocycles. The van der Waals surface area contributed by atoms with Crippen LogP contribution in [0.5, 0.6) is 5.75 Å². The van der Waals surface area contributed by atoms with Crippen molar-refractivity contribution in [3.05, 3.63) is 48.0 Å². The van der Waals surface area contributed by atoms with Crippen LogP contribution >= 0.6 is 0 Å². The molecule has 3 N–H and O–H groups in total. The number of benzene rings is 2. The van der Waals surface area contributed by atoms with Gasteiger partial charge in [-0.15, -0.1) is 0 Å². The lowest BCUT2D eigenvalue weighted by molar-refractivity contribution is 0.340. The minimum absolute atomic E-state index is 0.177. The highest BCUT2D eigenvalue weighted by Gasteiger charge is 2.17. The van der Waals surface area contributed by atoms with E-state index in [-0.39, 0.29) is 4.90 Å². The summed E-state index contributed by atoms with van der Waals surface area (Å²) in [5.41, 5.74) is 7.21. The summed E-state index contributed by atoms with van der Waals surface area (Å²) in [6.45, 7) is 4.13. The summed E-state index contributed by atoms with van der Waals surface area (Å²) in [4.78, 5) is 0.177. The molecule has 0 heterocycles. The van der Waals surface area contributed by atoms with Crippen LogP contribution in [0.25, 0.3) is 0 Å². The van der Waals surface area contributed by atoms with Crippen LogP contribution in [0.3, 0.4) is 0 Å². The second kappa shape index (κ2) is 6.05. The predicted octanol–water partition coefficient (Wildman–Crippen LogP) is 2.78. The van der Waals surface area contributed by atoms with Gasteiger partial charge in [0, 0.05) is 11.4 Å². The molecule has 0 aliphatic carbocycles. The number of nitrogens with two attached hydrogens (primary N) is 1. The fourth-order valence-corrected chi connectivity index (χ4v) is 3.25. The van der Waals surface area contributed by atoms with Gasteiger partial charge < -0.3 is 10.5 Å². The van der Waals surface area contributed by atoms with Crippen LogP contribution in [0.15, 0.2) is 47.4 Å².